The molecule has 0 fully saturated rings. The molecule has 0 aromatic carbocycles. The molecule has 5 heteroatoms. The van der Waals surface area contributed by atoms with E-state index in [1.165, 1.54) is 70.6 Å². The summed E-state index contributed by atoms with van der Waals surface area (Å²) >= 11 is 0. The third-order valence-corrected chi connectivity index (χ3v) is 6.02. The Kier molecular flexibility index (Phi) is 23.2. The standard InChI is InChI=1S/C28H54O5/c1-4-5-6-7-8-9-10-11-15-18-21-27(30)32-23-26(29)24-33-28(31)22-19-16-13-12-14-17-20-25(2)3/h25-26,29H,4-24H2,1-3H3/t26-/m1/s1. The van der Waals surface area contributed by atoms with E-state index in [4.69, 9.17) is 9.47 Å². The number of hydrogen-bond donors (Lipinski definition) is 1. The Morgan fingerprint density at radius 1 is 0.606 bits per heavy atom. The largest absolute Gasteiger partial charge is 0.463 e. The number of carbonyl (C=O) groups is 2. The lowest BCUT2D eigenvalue weighted by atomic mass is 10.0. The first kappa shape index (κ1) is 31.9. The fraction of sp³-hybridized carbons (Fsp3) is 0.929. The van der Waals surface area contributed by atoms with Gasteiger partial charge in [0.1, 0.15) is 19.3 Å². The highest BCUT2D eigenvalue weighted by Crippen LogP contribution is 2.13. The lowest BCUT2D eigenvalue weighted by Gasteiger charge is -2.12. The van der Waals surface area contributed by atoms with Crippen molar-refractivity contribution in [3.8, 4) is 0 Å². The molecule has 0 saturated heterocycles. The molecule has 0 rings (SSSR count). The zero-order valence-corrected chi connectivity index (χ0v) is 22.1. The molecule has 1 atom stereocenters. The van der Waals surface area contributed by atoms with Crippen LogP contribution in [0.2, 0.25) is 0 Å². The van der Waals surface area contributed by atoms with Crippen molar-refractivity contribution in [2.24, 2.45) is 5.92 Å². The van der Waals surface area contributed by atoms with E-state index < -0.39 is 6.10 Å². The fourth-order valence-corrected chi connectivity index (χ4v) is 3.86. The quantitative estimate of drug-likeness (QED) is 0.117. The predicted octanol–water partition coefficient (Wildman–Crippen LogP) is 7.52. The number of aliphatic hydroxyl groups is 1. The van der Waals surface area contributed by atoms with Crippen molar-refractivity contribution in [1.29, 1.82) is 0 Å². The Balaban J connectivity index is 3.46. The average Bonchev–Trinajstić information content (AvgIpc) is 2.79. The van der Waals surface area contributed by atoms with E-state index in [9.17, 15) is 14.7 Å². The number of aliphatic hydroxyl groups excluding tert-OH is 1. The molecule has 0 aromatic heterocycles. The molecule has 0 amide bonds. The van der Waals surface area contributed by atoms with E-state index in [2.05, 4.69) is 20.8 Å². The first-order valence-electron chi connectivity index (χ1n) is 13.9. The molecule has 1 N–H and O–H groups in total. The third-order valence-electron chi connectivity index (χ3n) is 6.02. The Morgan fingerprint density at radius 3 is 1.36 bits per heavy atom. The molecule has 0 aliphatic heterocycles. The molecule has 0 bridgehead atoms. The first-order chi connectivity index (χ1) is 16.0. The monoisotopic (exact) mass is 470 g/mol. The van der Waals surface area contributed by atoms with E-state index in [0.29, 0.717) is 12.8 Å². The van der Waals surface area contributed by atoms with Crippen molar-refractivity contribution in [1.82, 2.24) is 0 Å². The van der Waals surface area contributed by atoms with Crippen molar-refractivity contribution in [2.75, 3.05) is 13.2 Å². The van der Waals surface area contributed by atoms with Crippen LogP contribution in [-0.2, 0) is 19.1 Å². The molecule has 0 saturated carbocycles. The number of hydrogen-bond acceptors (Lipinski definition) is 5. The molecule has 0 aliphatic rings. The van der Waals surface area contributed by atoms with Gasteiger partial charge >= 0.3 is 11.9 Å². The summed E-state index contributed by atoms with van der Waals surface area (Å²) < 4.78 is 10.2. The highest BCUT2D eigenvalue weighted by molar-refractivity contribution is 5.69. The fourth-order valence-electron chi connectivity index (χ4n) is 3.86. The highest BCUT2D eigenvalue weighted by Gasteiger charge is 2.12. The number of carbonyl (C=O) groups excluding carboxylic acids is 2. The molecular formula is C28H54O5. The second-order valence-electron chi connectivity index (χ2n) is 10.0. The summed E-state index contributed by atoms with van der Waals surface area (Å²) in [6.45, 7) is 6.53. The van der Waals surface area contributed by atoms with Crippen LogP contribution in [0.15, 0.2) is 0 Å². The molecule has 0 aliphatic carbocycles. The van der Waals surface area contributed by atoms with Gasteiger partial charge in [-0.3, -0.25) is 9.59 Å². The Hall–Kier alpha value is -1.10. The van der Waals surface area contributed by atoms with Gasteiger partial charge < -0.3 is 14.6 Å². The van der Waals surface area contributed by atoms with Crippen molar-refractivity contribution in [3.63, 3.8) is 0 Å². The molecule has 0 unspecified atom stereocenters. The van der Waals surface area contributed by atoms with E-state index in [1.807, 2.05) is 0 Å². The Bertz CT molecular complexity index is 450. The maximum Gasteiger partial charge on any atom is 0.305 e. The second-order valence-corrected chi connectivity index (χ2v) is 10.0. The van der Waals surface area contributed by atoms with Crippen molar-refractivity contribution in [2.45, 2.75) is 149 Å². The summed E-state index contributed by atoms with van der Waals surface area (Å²) in [5.41, 5.74) is 0. The van der Waals surface area contributed by atoms with Gasteiger partial charge in [-0.2, -0.15) is 0 Å². The van der Waals surface area contributed by atoms with Crippen LogP contribution in [0, 0.1) is 5.92 Å². The van der Waals surface area contributed by atoms with Crippen molar-refractivity contribution in [3.05, 3.63) is 0 Å². The summed E-state index contributed by atoms with van der Waals surface area (Å²) in [6.07, 6.45) is 20.2. The average molecular weight is 471 g/mol. The van der Waals surface area contributed by atoms with Gasteiger partial charge in [0.05, 0.1) is 0 Å². The SMILES string of the molecule is CCCCCCCCCCCCC(=O)OC[C@@H](O)COC(=O)CCCCCCCCC(C)C. The highest BCUT2D eigenvalue weighted by atomic mass is 16.6. The number of rotatable bonds is 24. The van der Waals surface area contributed by atoms with Gasteiger partial charge in [-0.15, -0.1) is 0 Å². The minimum Gasteiger partial charge on any atom is -0.463 e. The third kappa shape index (κ3) is 25.4. The van der Waals surface area contributed by atoms with Gasteiger partial charge in [0.15, 0.2) is 0 Å². The molecular weight excluding hydrogens is 416 g/mol. The number of ether oxygens (including phenoxy) is 2. The van der Waals surface area contributed by atoms with Crippen LogP contribution >= 0.6 is 0 Å². The van der Waals surface area contributed by atoms with Gasteiger partial charge in [-0.25, -0.2) is 0 Å². The molecule has 0 spiro atoms. The zero-order valence-electron chi connectivity index (χ0n) is 22.1. The summed E-state index contributed by atoms with van der Waals surface area (Å²) in [7, 11) is 0. The molecule has 0 heterocycles. The van der Waals surface area contributed by atoms with Gasteiger partial charge in [0, 0.05) is 12.8 Å². The molecule has 5 nitrogen and oxygen atoms in total. The van der Waals surface area contributed by atoms with Crippen LogP contribution in [0.4, 0.5) is 0 Å². The van der Waals surface area contributed by atoms with Crippen LogP contribution in [0.1, 0.15) is 143 Å². The minimum absolute atomic E-state index is 0.111. The van der Waals surface area contributed by atoms with E-state index in [1.54, 1.807) is 0 Å². The van der Waals surface area contributed by atoms with E-state index >= 15 is 0 Å². The summed E-state index contributed by atoms with van der Waals surface area (Å²) in [4.78, 5) is 23.6. The topological polar surface area (TPSA) is 72.8 Å². The normalized spacial score (nSPS) is 12.2. The van der Waals surface area contributed by atoms with Crippen molar-refractivity contribution < 1.29 is 24.2 Å². The maximum absolute atomic E-state index is 11.8. The lowest BCUT2D eigenvalue weighted by Crippen LogP contribution is -2.25. The van der Waals surface area contributed by atoms with E-state index in [0.717, 1.165) is 44.4 Å². The van der Waals surface area contributed by atoms with Crippen LogP contribution in [-0.4, -0.2) is 36.4 Å². The summed E-state index contributed by atoms with van der Waals surface area (Å²) in [5.74, 6) is 0.210. The van der Waals surface area contributed by atoms with Crippen LogP contribution < -0.4 is 0 Å². The Labute approximate surface area is 204 Å². The first-order valence-corrected chi connectivity index (χ1v) is 13.9. The molecule has 0 aromatic rings. The van der Waals surface area contributed by atoms with Gasteiger partial charge in [-0.1, -0.05) is 117 Å². The summed E-state index contributed by atoms with van der Waals surface area (Å²) in [5, 5.41) is 9.87. The van der Waals surface area contributed by atoms with Gasteiger partial charge in [-0.05, 0) is 18.8 Å². The molecule has 33 heavy (non-hydrogen) atoms. The summed E-state index contributed by atoms with van der Waals surface area (Å²) in [6, 6.07) is 0. The van der Waals surface area contributed by atoms with E-state index in [-0.39, 0.29) is 25.2 Å². The minimum atomic E-state index is -0.952. The Morgan fingerprint density at radius 2 is 0.970 bits per heavy atom. The lowest BCUT2D eigenvalue weighted by molar-refractivity contribution is -0.152. The van der Waals surface area contributed by atoms with Crippen LogP contribution in [0.25, 0.3) is 0 Å². The van der Waals surface area contributed by atoms with Gasteiger partial charge in [0.25, 0.3) is 0 Å². The number of unbranched alkanes of at least 4 members (excludes halogenated alkanes) is 14. The smallest absolute Gasteiger partial charge is 0.305 e. The zero-order chi connectivity index (χ0) is 24.6. The van der Waals surface area contributed by atoms with Crippen LogP contribution in [0.3, 0.4) is 0 Å². The number of esters is 2. The molecule has 0 radical (unpaired) electrons. The maximum atomic E-state index is 11.8. The molecule has 196 valence electrons. The van der Waals surface area contributed by atoms with Crippen LogP contribution in [0.5, 0.6) is 0 Å². The van der Waals surface area contributed by atoms with Crippen molar-refractivity contribution >= 4 is 11.9 Å². The second kappa shape index (κ2) is 24.0. The van der Waals surface area contributed by atoms with Gasteiger partial charge in [0.2, 0.25) is 0 Å². The predicted molar refractivity (Wildman–Crippen MR) is 136 cm³/mol.